The zero-order valence-corrected chi connectivity index (χ0v) is 14.5. The van der Waals surface area contributed by atoms with E-state index in [0.717, 1.165) is 30.9 Å². The van der Waals surface area contributed by atoms with Gasteiger partial charge in [-0.3, -0.25) is 4.79 Å². The van der Waals surface area contributed by atoms with Crippen molar-refractivity contribution in [3.8, 4) is 0 Å². The van der Waals surface area contributed by atoms with E-state index in [2.05, 4.69) is 43.9 Å². The van der Waals surface area contributed by atoms with Gasteiger partial charge < -0.3 is 20.3 Å². The normalized spacial score (nSPS) is 31.0. The van der Waals surface area contributed by atoms with Crippen LogP contribution >= 0.6 is 0 Å². The molecule has 1 amide bonds. The molecule has 1 aromatic carbocycles. The van der Waals surface area contributed by atoms with Gasteiger partial charge in [-0.1, -0.05) is 6.92 Å². The largest absolute Gasteiger partial charge is 0.375 e. The summed E-state index contributed by atoms with van der Waals surface area (Å²) in [6, 6.07) is 6.38. The van der Waals surface area contributed by atoms with E-state index < -0.39 is 0 Å². The average molecular weight is 317 g/mol. The zero-order valence-electron chi connectivity index (χ0n) is 14.5. The highest BCUT2D eigenvalue weighted by Crippen LogP contribution is 2.41. The molecule has 2 N–H and O–H groups in total. The molecule has 23 heavy (non-hydrogen) atoms. The Kier molecular flexibility index (Phi) is 4.34. The number of carbonyl (C=O) groups is 1. The van der Waals surface area contributed by atoms with E-state index in [1.165, 1.54) is 5.69 Å². The van der Waals surface area contributed by atoms with Gasteiger partial charge in [-0.05, 0) is 43.5 Å². The van der Waals surface area contributed by atoms with Gasteiger partial charge in [0, 0.05) is 43.5 Å². The van der Waals surface area contributed by atoms with Crippen molar-refractivity contribution in [2.24, 2.45) is 11.7 Å². The van der Waals surface area contributed by atoms with Crippen LogP contribution in [0.1, 0.15) is 39.3 Å². The summed E-state index contributed by atoms with van der Waals surface area (Å²) in [6.45, 7) is 10.4. The van der Waals surface area contributed by atoms with Gasteiger partial charge in [0.15, 0.2) is 0 Å². The van der Waals surface area contributed by atoms with Gasteiger partial charge in [-0.25, -0.2) is 0 Å². The summed E-state index contributed by atoms with van der Waals surface area (Å²) >= 11 is 0. The second kappa shape index (κ2) is 6.13. The van der Waals surface area contributed by atoms with E-state index in [0.29, 0.717) is 0 Å². The summed E-state index contributed by atoms with van der Waals surface area (Å²) in [5, 5.41) is 0. The molecule has 1 aromatic rings. The zero-order chi connectivity index (χ0) is 16.7. The van der Waals surface area contributed by atoms with Crippen molar-refractivity contribution in [1.29, 1.82) is 0 Å². The summed E-state index contributed by atoms with van der Waals surface area (Å²) in [5.41, 5.74) is 9.68. The minimum Gasteiger partial charge on any atom is -0.375 e. The first-order chi connectivity index (χ1) is 10.9. The summed E-state index contributed by atoms with van der Waals surface area (Å²) in [7, 11) is 0. The highest BCUT2D eigenvalue weighted by molar-refractivity contribution is 5.94. The van der Waals surface area contributed by atoms with Crippen LogP contribution in [0.3, 0.4) is 0 Å². The first-order valence-corrected chi connectivity index (χ1v) is 8.46. The van der Waals surface area contributed by atoms with Crippen LogP contribution in [0.25, 0.3) is 0 Å². The lowest BCUT2D eigenvalue weighted by atomic mass is 9.83. The Bertz CT molecular complexity index is 604. The number of hydrogen-bond acceptors (Lipinski definition) is 4. The monoisotopic (exact) mass is 317 g/mol. The molecule has 126 valence electrons. The second-order valence-electron chi connectivity index (χ2n) is 6.89. The molecule has 1 fully saturated rings. The maximum Gasteiger partial charge on any atom is 0.224 e. The molecule has 1 saturated heterocycles. The predicted molar refractivity (Wildman–Crippen MR) is 92.8 cm³/mol. The molecular weight excluding hydrogens is 290 g/mol. The van der Waals surface area contributed by atoms with E-state index in [1.807, 2.05) is 4.90 Å². The molecule has 2 aliphatic rings. The number of anilines is 2. The van der Waals surface area contributed by atoms with Crippen LogP contribution in [0.4, 0.5) is 11.4 Å². The number of rotatable bonds is 1. The molecule has 0 spiro atoms. The Morgan fingerprint density at radius 1 is 1.30 bits per heavy atom. The molecule has 5 nitrogen and oxygen atoms in total. The van der Waals surface area contributed by atoms with Crippen LogP contribution in [0, 0.1) is 5.92 Å². The third-order valence-corrected chi connectivity index (χ3v) is 5.31. The Morgan fingerprint density at radius 3 is 2.70 bits per heavy atom. The molecule has 3 rings (SSSR count). The van der Waals surface area contributed by atoms with Gasteiger partial charge in [0.25, 0.3) is 0 Å². The Balaban J connectivity index is 1.99. The van der Waals surface area contributed by atoms with Gasteiger partial charge >= 0.3 is 0 Å². The predicted octanol–water partition coefficient (Wildman–Crippen LogP) is 2.30. The number of benzene rings is 1. The molecule has 5 heteroatoms. The molecule has 0 aliphatic carbocycles. The van der Waals surface area contributed by atoms with Crippen molar-refractivity contribution in [3.63, 3.8) is 0 Å². The first kappa shape index (κ1) is 16.3. The van der Waals surface area contributed by atoms with Crippen LogP contribution in [0.2, 0.25) is 0 Å². The molecule has 0 aromatic heterocycles. The number of fused-ring (bicyclic) bond motifs is 1. The minimum atomic E-state index is -0.0472. The van der Waals surface area contributed by atoms with E-state index in [1.54, 1.807) is 6.92 Å². The number of nitrogens with zero attached hydrogens (tertiary/aromatic N) is 2. The number of amides is 1. The molecule has 0 radical (unpaired) electrons. The molecule has 4 atom stereocenters. The Morgan fingerprint density at radius 2 is 2.04 bits per heavy atom. The standard InChI is InChI=1S/C18H27N3O2/c1-11-10-20(7-8-23-11)15-5-6-17-16(9-15)18(19)12(2)13(3)21(17)14(4)22/h5-6,9,11-13,18H,7-8,10,19H2,1-4H3/t11?,12-,13-,18?/m0/s1. The van der Waals surface area contributed by atoms with Crippen molar-refractivity contribution in [2.45, 2.75) is 45.9 Å². The maximum absolute atomic E-state index is 12.1. The van der Waals surface area contributed by atoms with Crippen LogP contribution in [0.5, 0.6) is 0 Å². The van der Waals surface area contributed by atoms with Gasteiger partial charge in [0.1, 0.15) is 0 Å². The van der Waals surface area contributed by atoms with Crippen LogP contribution in [0.15, 0.2) is 18.2 Å². The molecule has 0 saturated carbocycles. The number of nitrogens with two attached hydrogens (primary N) is 1. The van der Waals surface area contributed by atoms with Crippen LogP contribution in [-0.2, 0) is 9.53 Å². The van der Waals surface area contributed by atoms with Gasteiger partial charge in [-0.2, -0.15) is 0 Å². The van der Waals surface area contributed by atoms with Crippen LogP contribution in [-0.4, -0.2) is 37.7 Å². The molecule has 2 heterocycles. The average Bonchev–Trinajstić information content (AvgIpc) is 2.52. The summed E-state index contributed by atoms with van der Waals surface area (Å²) in [5.74, 6) is 0.301. The SMILES string of the molecule is CC(=O)N1c2ccc(N3CCOC(C)C3)cc2C(N)[C@@H](C)[C@@H]1C. The number of morpholine rings is 1. The fourth-order valence-electron chi connectivity index (χ4n) is 3.77. The lowest BCUT2D eigenvalue weighted by Gasteiger charge is -2.43. The molecule has 2 unspecified atom stereocenters. The molecule has 2 aliphatic heterocycles. The third kappa shape index (κ3) is 2.83. The Labute approximate surface area is 138 Å². The van der Waals surface area contributed by atoms with Crippen molar-refractivity contribution in [3.05, 3.63) is 23.8 Å². The summed E-state index contributed by atoms with van der Waals surface area (Å²) in [4.78, 5) is 16.3. The van der Waals surface area contributed by atoms with Crippen molar-refractivity contribution < 1.29 is 9.53 Å². The minimum absolute atomic E-state index is 0.0472. The summed E-state index contributed by atoms with van der Waals surface area (Å²) < 4.78 is 5.62. The highest BCUT2D eigenvalue weighted by atomic mass is 16.5. The topological polar surface area (TPSA) is 58.8 Å². The van der Waals surface area contributed by atoms with Gasteiger partial charge in [-0.15, -0.1) is 0 Å². The fourth-order valence-corrected chi connectivity index (χ4v) is 3.77. The third-order valence-electron chi connectivity index (χ3n) is 5.31. The summed E-state index contributed by atoms with van der Waals surface area (Å²) in [6.07, 6.45) is 0.237. The van der Waals surface area contributed by atoms with E-state index >= 15 is 0 Å². The fraction of sp³-hybridized carbons (Fsp3) is 0.611. The lowest BCUT2D eigenvalue weighted by molar-refractivity contribution is -0.117. The maximum atomic E-state index is 12.1. The molecule has 0 bridgehead atoms. The smallest absolute Gasteiger partial charge is 0.224 e. The number of carbonyl (C=O) groups excluding carboxylic acids is 1. The van der Waals surface area contributed by atoms with E-state index in [9.17, 15) is 4.79 Å². The Hall–Kier alpha value is -1.59. The second-order valence-corrected chi connectivity index (χ2v) is 6.89. The number of hydrogen-bond donors (Lipinski definition) is 1. The van der Waals surface area contributed by atoms with E-state index in [4.69, 9.17) is 10.5 Å². The van der Waals surface area contributed by atoms with Crippen molar-refractivity contribution in [2.75, 3.05) is 29.5 Å². The van der Waals surface area contributed by atoms with Gasteiger partial charge in [0.2, 0.25) is 5.91 Å². The lowest BCUT2D eigenvalue weighted by Crippen LogP contribution is -2.49. The van der Waals surface area contributed by atoms with Crippen LogP contribution < -0.4 is 15.5 Å². The number of ether oxygens (including phenoxy) is 1. The van der Waals surface area contributed by atoms with Crippen molar-refractivity contribution in [1.82, 2.24) is 0 Å². The first-order valence-electron chi connectivity index (χ1n) is 8.46. The van der Waals surface area contributed by atoms with E-state index in [-0.39, 0.29) is 30.0 Å². The molecular formula is C18H27N3O2. The van der Waals surface area contributed by atoms with Gasteiger partial charge in [0.05, 0.1) is 12.7 Å². The quantitative estimate of drug-likeness (QED) is 0.863. The van der Waals surface area contributed by atoms with Crippen molar-refractivity contribution >= 4 is 17.3 Å². The highest BCUT2D eigenvalue weighted by Gasteiger charge is 2.36.